The summed E-state index contributed by atoms with van der Waals surface area (Å²) >= 11 is 7.25. The first-order chi connectivity index (χ1) is 9.12. The second-order valence-corrected chi connectivity index (χ2v) is 4.70. The van der Waals surface area contributed by atoms with E-state index in [1.807, 2.05) is 6.26 Å². The number of thioether (sulfide) groups is 1. The van der Waals surface area contributed by atoms with Crippen LogP contribution in [0.2, 0.25) is 5.15 Å². The van der Waals surface area contributed by atoms with Crippen LogP contribution in [0, 0.1) is 5.82 Å². The fraction of sp³-hybridized carbons (Fsp3) is 0.167. The number of aromatic nitrogens is 2. The van der Waals surface area contributed by atoms with Crippen LogP contribution < -0.4 is 10.1 Å². The molecular formula is C12H11ClFN3OS. The highest BCUT2D eigenvalue weighted by atomic mass is 35.5. The van der Waals surface area contributed by atoms with E-state index >= 15 is 0 Å². The number of nitrogens with one attached hydrogen (secondary N) is 1. The van der Waals surface area contributed by atoms with Crippen molar-refractivity contribution in [3.8, 4) is 5.75 Å². The molecule has 0 atom stereocenters. The van der Waals surface area contributed by atoms with Crippen LogP contribution in [0.1, 0.15) is 0 Å². The number of ether oxygens (including phenoxy) is 1. The maximum absolute atomic E-state index is 13.5. The number of hydrogen-bond donors (Lipinski definition) is 1. The predicted octanol–water partition coefficient (Wildman–Crippen LogP) is 3.74. The number of nitrogens with zero attached hydrogens (tertiary/aromatic N) is 2. The van der Waals surface area contributed by atoms with E-state index in [9.17, 15) is 4.39 Å². The number of benzene rings is 1. The fourth-order valence-electron chi connectivity index (χ4n) is 1.44. The molecule has 0 spiro atoms. The van der Waals surface area contributed by atoms with E-state index in [1.54, 1.807) is 12.1 Å². The summed E-state index contributed by atoms with van der Waals surface area (Å²) in [6, 6.07) is 6.13. The number of methoxy groups -OCH3 is 1. The lowest BCUT2D eigenvalue weighted by atomic mass is 10.3. The molecule has 19 heavy (non-hydrogen) atoms. The lowest BCUT2D eigenvalue weighted by molar-refractivity contribution is 0.386. The average molecular weight is 300 g/mol. The zero-order valence-corrected chi connectivity index (χ0v) is 11.8. The van der Waals surface area contributed by atoms with Crippen molar-refractivity contribution in [2.75, 3.05) is 18.7 Å². The van der Waals surface area contributed by atoms with Crippen LogP contribution in [0.25, 0.3) is 0 Å². The Morgan fingerprint density at radius 1 is 1.32 bits per heavy atom. The van der Waals surface area contributed by atoms with Gasteiger partial charge < -0.3 is 10.1 Å². The molecule has 1 aromatic heterocycles. The molecule has 0 aliphatic heterocycles. The molecule has 0 saturated heterocycles. The summed E-state index contributed by atoms with van der Waals surface area (Å²) in [4.78, 5) is 8.24. The van der Waals surface area contributed by atoms with E-state index in [2.05, 4.69) is 15.3 Å². The van der Waals surface area contributed by atoms with Crippen molar-refractivity contribution in [3.63, 3.8) is 0 Å². The molecule has 1 heterocycles. The summed E-state index contributed by atoms with van der Waals surface area (Å²) in [5, 5.41) is 3.84. The second-order valence-electron chi connectivity index (χ2n) is 3.54. The SMILES string of the molecule is COc1ccc(Nc2cc(Cl)nc(SC)n2)cc1F. The Labute approximate surface area is 119 Å². The van der Waals surface area contributed by atoms with Crippen molar-refractivity contribution in [2.24, 2.45) is 0 Å². The van der Waals surface area contributed by atoms with Crippen LogP contribution in [-0.4, -0.2) is 23.3 Å². The first-order valence-corrected chi connectivity index (χ1v) is 6.92. The quantitative estimate of drug-likeness (QED) is 0.529. The normalized spacial score (nSPS) is 10.3. The van der Waals surface area contributed by atoms with Crippen LogP contribution in [0.4, 0.5) is 15.9 Å². The molecule has 0 amide bonds. The lowest BCUT2D eigenvalue weighted by Crippen LogP contribution is -1.97. The molecule has 1 aromatic carbocycles. The Hall–Kier alpha value is -1.53. The molecule has 7 heteroatoms. The number of halogens is 2. The molecular weight excluding hydrogens is 289 g/mol. The molecule has 2 aromatic rings. The van der Waals surface area contributed by atoms with Crippen molar-refractivity contribution < 1.29 is 9.13 Å². The van der Waals surface area contributed by atoms with Crippen LogP contribution in [0.15, 0.2) is 29.4 Å². The summed E-state index contributed by atoms with van der Waals surface area (Å²) < 4.78 is 18.4. The van der Waals surface area contributed by atoms with E-state index < -0.39 is 5.82 Å². The van der Waals surface area contributed by atoms with E-state index in [0.717, 1.165) is 0 Å². The molecule has 0 saturated carbocycles. The van der Waals surface area contributed by atoms with E-state index in [0.29, 0.717) is 21.8 Å². The van der Waals surface area contributed by atoms with E-state index in [4.69, 9.17) is 16.3 Å². The topological polar surface area (TPSA) is 47.0 Å². The van der Waals surface area contributed by atoms with Crippen LogP contribution in [0.5, 0.6) is 5.75 Å². The largest absolute Gasteiger partial charge is 0.494 e. The summed E-state index contributed by atoms with van der Waals surface area (Å²) in [6.07, 6.45) is 1.85. The van der Waals surface area contributed by atoms with Gasteiger partial charge in [-0.05, 0) is 18.4 Å². The minimum Gasteiger partial charge on any atom is -0.494 e. The van der Waals surface area contributed by atoms with E-state index in [-0.39, 0.29) is 5.75 Å². The monoisotopic (exact) mass is 299 g/mol. The predicted molar refractivity (Wildman–Crippen MR) is 75.1 cm³/mol. The van der Waals surface area contributed by atoms with Gasteiger partial charge in [0.15, 0.2) is 16.7 Å². The maximum Gasteiger partial charge on any atom is 0.190 e. The second kappa shape index (κ2) is 6.08. The smallest absolute Gasteiger partial charge is 0.190 e. The summed E-state index contributed by atoms with van der Waals surface area (Å²) in [6.45, 7) is 0. The Balaban J connectivity index is 2.25. The van der Waals surface area contributed by atoms with Gasteiger partial charge in [-0.2, -0.15) is 0 Å². The molecule has 1 N–H and O–H groups in total. The Kier molecular flexibility index (Phi) is 4.44. The zero-order valence-electron chi connectivity index (χ0n) is 10.3. The van der Waals surface area contributed by atoms with Gasteiger partial charge in [0.25, 0.3) is 0 Å². The molecule has 4 nitrogen and oxygen atoms in total. The van der Waals surface area contributed by atoms with Crippen LogP contribution in [-0.2, 0) is 0 Å². The molecule has 0 fully saturated rings. The number of rotatable bonds is 4. The summed E-state index contributed by atoms with van der Waals surface area (Å²) in [5.74, 6) is 0.253. The lowest BCUT2D eigenvalue weighted by Gasteiger charge is -2.08. The van der Waals surface area contributed by atoms with Gasteiger partial charge in [-0.3, -0.25) is 0 Å². The summed E-state index contributed by atoms with van der Waals surface area (Å²) in [5.41, 5.74) is 0.556. The third-order valence-electron chi connectivity index (χ3n) is 2.28. The highest BCUT2D eigenvalue weighted by Gasteiger charge is 2.06. The number of anilines is 2. The average Bonchev–Trinajstić information content (AvgIpc) is 2.38. The Bertz CT molecular complexity index is 597. The van der Waals surface area contributed by atoms with Gasteiger partial charge in [-0.15, -0.1) is 0 Å². The molecule has 0 aliphatic rings. The molecule has 0 aliphatic carbocycles. The van der Waals surface area contributed by atoms with Gasteiger partial charge in [-0.25, -0.2) is 14.4 Å². The molecule has 2 rings (SSSR count). The van der Waals surface area contributed by atoms with Crippen LogP contribution >= 0.6 is 23.4 Å². The van der Waals surface area contributed by atoms with Crippen molar-refractivity contribution in [3.05, 3.63) is 35.2 Å². The minimum absolute atomic E-state index is 0.191. The molecule has 0 unspecified atom stereocenters. The molecule has 0 radical (unpaired) electrons. The molecule has 0 bridgehead atoms. The molecule has 100 valence electrons. The Morgan fingerprint density at radius 3 is 2.74 bits per heavy atom. The van der Waals surface area contributed by atoms with Crippen molar-refractivity contribution >= 4 is 34.9 Å². The van der Waals surface area contributed by atoms with Gasteiger partial charge in [0.05, 0.1) is 7.11 Å². The highest BCUT2D eigenvalue weighted by Crippen LogP contribution is 2.24. The Morgan fingerprint density at radius 2 is 2.11 bits per heavy atom. The third kappa shape index (κ3) is 3.48. The zero-order chi connectivity index (χ0) is 13.8. The van der Waals surface area contributed by atoms with E-state index in [1.165, 1.54) is 31.0 Å². The highest BCUT2D eigenvalue weighted by molar-refractivity contribution is 7.98. The van der Waals surface area contributed by atoms with Crippen molar-refractivity contribution in [1.29, 1.82) is 0 Å². The van der Waals surface area contributed by atoms with Crippen molar-refractivity contribution in [1.82, 2.24) is 9.97 Å². The fourth-order valence-corrected chi connectivity index (χ4v) is 2.06. The standard InChI is InChI=1S/C12H11ClFN3OS/c1-18-9-4-3-7(5-8(9)14)15-11-6-10(13)16-12(17-11)19-2/h3-6H,1-2H3,(H,15,16,17). The number of hydrogen-bond acceptors (Lipinski definition) is 5. The maximum atomic E-state index is 13.5. The summed E-state index contributed by atoms with van der Waals surface area (Å²) in [7, 11) is 1.42. The van der Waals surface area contributed by atoms with Gasteiger partial charge in [0.2, 0.25) is 0 Å². The van der Waals surface area contributed by atoms with Gasteiger partial charge in [-0.1, -0.05) is 23.4 Å². The van der Waals surface area contributed by atoms with Crippen LogP contribution in [0.3, 0.4) is 0 Å². The van der Waals surface area contributed by atoms with Gasteiger partial charge in [0.1, 0.15) is 11.0 Å². The minimum atomic E-state index is -0.447. The first-order valence-electron chi connectivity index (χ1n) is 5.31. The third-order valence-corrected chi connectivity index (χ3v) is 3.02. The first kappa shape index (κ1) is 13.9. The van der Waals surface area contributed by atoms with Gasteiger partial charge in [0, 0.05) is 17.8 Å². The van der Waals surface area contributed by atoms with Gasteiger partial charge >= 0.3 is 0 Å². The van der Waals surface area contributed by atoms with Crippen molar-refractivity contribution in [2.45, 2.75) is 5.16 Å².